The van der Waals surface area contributed by atoms with E-state index in [4.69, 9.17) is 9.15 Å². The van der Waals surface area contributed by atoms with E-state index < -0.39 is 6.09 Å². The van der Waals surface area contributed by atoms with Gasteiger partial charge in [0.05, 0.1) is 18.1 Å². The van der Waals surface area contributed by atoms with Gasteiger partial charge >= 0.3 is 6.09 Å². The third-order valence-corrected chi connectivity index (χ3v) is 4.35. The number of hydrogen-bond acceptors (Lipinski definition) is 7. The normalized spacial score (nSPS) is 10.7. The molecule has 8 heteroatoms. The Hall–Kier alpha value is -3.29. The molecule has 8 nitrogen and oxygen atoms in total. The summed E-state index contributed by atoms with van der Waals surface area (Å²) in [6, 6.07) is 7.13. The van der Waals surface area contributed by atoms with Crippen molar-refractivity contribution in [3.05, 3.63) is 43.1 Å². The van der Waals surface area contributed by atoms with Crippen molar-refractivity contribution < 1.29 is 13.9 Å². The van der Waals surface area contributed by atoms with Crippen LogP contribution >= 0.6 is 0 Å². The molecule has 0 saturated carbocycles. The SMILES string of the molecule is CCCCCCCCNC(=O)Oc1cccc(-c2cncc(-c3nnco3)n2)c1. The summed E-state index contributed by atoms with van der Waals surface area (Å²) in [6.45, 7) is 2.81. The van der Waals surface area contributed by atoms with Crippen LogP contribution in [0.25, 0.3) is 22.8 Å². The van der Waals surface area contributed by atoms with E-state index in [2.05, 4.69) is 32.4 Å². The second-order valence-corrected chi connectivity index (χ2v) is 6.65. The van der Waals surface area contributed by atoms with Crippen LogP contribution in [-0.4, -0.2) is 32.8 Å². The highest BCUT2D eigenvalue weighted by atomic mass is 16.6. The van der Waals surface area contributed by atoms with E-state index >= 15 is 0 Å². The number of amides is 1. The van der Waals surface area contributed by atoms with Gasteiger partial charge in [-0.2, -0.15) is 0 Å². The number of nitrogens with one attached hydrogen (secondary N) is 1. The first-order valence-corrected chi connectivity index (χ1v) is 9.91. The molecular weight excluding hydrogens is 370 g/mol. The molecule has 0 aliphatic heterocycles. The average Bonchev–Trinajstić information content (AvgIpc) is 3.28. The lowest BCUT2D eigenvalue weighted by atomic mass is 10.1. The smallest absolute Gasteiger partial charge is 0.412 e. The number of carbonyl (C=O) groups excluding carboxylic acids is 1. The maximum Gasteiger partial charge on any atom is 0.412 e. The summed E-state index contributed by atoms with van der Waals surface area (Å²) in [5.74, 6) is 0.730. The molecule has 0 radical (unpaired) electrons. The predicted molar refractivity (Wildman–Crippen MR) is 108 cm³/mol. The Morgan fingerprint density at radius 2 is 1.93 bits per heavy atom. The first-order chi connectivity index (χ1) is 14.3. The average molecular weight is 395 g/mol. The van der Waals surface area contributed by atoms with Crippen molar-refractivity contribution in [1.82, 2.24) is 25.5 Å². The Kier molecular flexibility index (Phi) is 7.68. The standard InChI is InChI=1S/C21H25N5O3/c1-2-3-4-5-6-7-11-23-21(27)29-17-10-8-9-16(12-17)18-13-22-14-19(25-18)20-26-24-15-28-20/h8-10,12-15H,2-7,11H2,1H3,(H,23,27). The summed E-state index contributed by atoms with van der Waals surface area (Å²) in [5.41, 5.74) is 1.85. The number of hydrogen-bond donors (Lipinski definition) is 1. The summed E-state index contributed by atoms with van der Waals surface area (Å²) >= 11 is 0. The summed E-state index contributed by atoms with van der Waals surface area (Å²) in [6.07, 6.45) is 11.0. The van der Waals surface area contributed by atoms with Gasteiger partial charge in [0.15, 0.2) is 0 Å². The van der Waals surface area contributed by atoms with Crippen molar-refractivity contribution in [2.24, 2.45) is 0 Å². The number of ether oxygens (including phenoxy) is 1. The van der Waals surface area contributed by atoms with Crippen molar-refractivity contribution in [3.63, 3.8) is 0 Å². The largest absolute Gasteiger partial charge is 0.422 e. The zero-order valence-corrected chi connectivity index (χ0v) is 16.5. The molecule has 0 fully saturated rings. The monoisotopic (exact) mass is 395 g/mol. The van der Waals surface area contributed by atoms with Crippen LogP contribution in [0.2, 0.25) is 0 Å². The molecule has 0 unspecified atom stereocenters. The number of carbonyl (C=O) groups is 1. The minimum absolute atomic E-state index is 0.292. The Morgan fingerprint density at radius 1 is 1.10 bits per heavy atom. The van der Waals surface area contributed by atoms with E-state index in [1.165, 1.54) is 32.1 Å². The van der Waals surface area contributed by atoms with Crippen LogP contribution in [0.1, 0.15) is 45.4 Å². The molecule has 1 N–H and O–H groups in total. The Morgan fingerprint density at radius 3 is 2.76 bits per heavy atom. The summed E-state index contributed by atoms with van der Waals surface area (Å²) in [4.78, 5) is 20.7. The van der Waals surface area contributed by atoms with Crippen molar-refractivity contribution in [2.45, 2.75) is 45.4 Å². The fourth-order valence-electron chi connectivity index (χ4n) is 2.85. The van der Waals surface area contributed by atoms with Gasteiger partial charge in [0.2, 0.25) is 6.39 Å². The lowest BCUT2D eigenvalue weighted by Gasteiger charge is -2.08. The lowest BCUT2D eigenvalue weighted by molar-refractivity contribution is 0.200. The fraction of sp³-hybridized carbons (Fsp3) is 0.381. The minimum atomic E-state index is -0.457. The second kappa shape index (κ2) is 10.9. The Labute approximate surface area is 169 Å². The van der Waals surface area contributed by atoms with E-state index in [1.807, 2.05) is 6.07 Å². The number of nitrogens with zero attached hydrogens (tertiary/aromatic N) is 4. The third-order valence-electron chi connectivity index (χ3n) is 4.35. The van der Waals surface area contributed by atoms with E-state index in [1.54, 1.807) is 30.6 Å². The number of aromatic nitrogens is 4. The Bertz CT molecular complexity index is 899. The van der Waals surface area contributed by atoms with Crippen LogP contribution in [0.4, 0.5) is 4.79 Å². The van der Waals surface area contributed by atoms with Crippen molar-refractivity contribution >= 4 is 6.09 Å². The molecule has 3 rings (SSSR count). The molecule has 2 heterocycles. The van der Waals surface area contributed by atoms with Gasteiger partial charge in [-0.3, -0.25) is 4.98 Å². The van der Waals surface area contributed by atoms with Gasteiger partial charge in [-0.15, -0.1) is 10.2 Å². The van der Waals surface area contributed by atoms with Crippen LogP contribution in [0.3, 0.4) is 0 Å². The number of benzene rings is 1. The first-order valence-electron chi connectivity index (χ1n) is 9.91. The van der Waals surface area contributed by atoms with Gasteiger partial charge in [-0.25, -0.2) is 9.78 Å². The van der Waals surface area contributed by atoms with Gasteiger partial charge in [0.1, 0.15) is 11.4 Å². The van der Waals surface area contributed by atoms with Crippen molar-refractivity contribution in [1.29, 1.82) is 0 Å². The molecule has 29 heavy (non-hydrogen) atoms. The maximum absolute atomic E-state index is 12.0. The fourth-order valence-corrected chi connectivity index (χ4v) is 2.85. The molecule has 2 aromatic heterocycles. The number of rotatable bonds is 10. The molecule has 0 bridgehead atoms. The summed E-state index contributed by atoms with van der Waals surface area (Å²) in [7, 11) is 0. The van der Waals surface area contributed by atoms with Crippen LogP contribution < -0.4 is 10.1 Å². The van der Waals surface area contributed by atoms with Crippen LogP contribution in [0, 0.1) is 0 Å². The third kappa shape index (κ3) is 6.38. The van der Waals surface area contributed by atoms with Gasteiger partial charge < -0.3 is 14.5 Å². The first kappa shape index (κ1) is 20.4. The van der Waals surface area contributed by atoms with Crippen LogP contribution in [-0.2, 0) is 0 Å². The van der Waals surface area contributed by atoms with Gasteiger partial charge in [-0.05, 0) is 18.6 Å². The predicted octanol–water partition coefficient (Wildman–Crippen LogP) is 4.64. The van der Waals surface area contributed by atoms with Gasteiger partial charge in [0, 0.05) is 12.1 Å². The highest BCUT2D eigenvalue weighted by Gasteiger charge is 2.10. The molecule has 0 aliphatic carbocycles. The molecule has 0 aliphatic rings. The lowest BCUT2D eigenvalue weighted by Crippen LogP contribution is -2.27. The maximum atomic E-state index is 12.0. The molecule has 3 aromatic rings. The van der Waals surface area contributed by atoms with Gasteiger partial charge in [-0.1, -0.05) is 51.2 Å². The Balaban J connectivity index is 1.53. The summed E-state index contributed by atoms with van der Waals surface area (Å²) in [5, 5.41) is 10.3. The quantitative estimate of drug-likeness (QED) is 0.499. The molecule has 1 aromatic carbocycles. The van der Waals surface area contributed by atoms with Crippen molar-refractivity contribution in [3.8, 4) is 28.6 Å². The zero-order chi connectivity index (χ0) is 20.3. The molecular formula is C21H25N5O3. The minimum Gasteiger partial charge on any atom is -0.422 e. The summed E-state index contributed by atoms with van der Waals surface area (Å²) < 4.78 is 10.5. The molecule has 0 saturated heterocycles. The topological polar surface area (TPSA) is 103 Å². The molecule has 1 amide bonds. The number of unbranched alkanes of at least 4 members (excludes halogenated alkanes) is 5. The highest BCUT2D eigenvalue weighted by molar-refractivity contribution is 5.71. The van der Waals surface area contributed by atoms with Crippen LogP contribution in [0.5, 0.6) is 5.75 Å². The van der Waals surface area contributed by atoms with Crippen molar-refractivity contribution in [2.75, 3.05) is 6.54 Å². The molecule has 0 spiro atoms. The van der Waals surface area contributed by atoms with Crippen LogP contribution in [0.15, 0.2) is 47.5 Å². The zero-order valence-electron chi connectivity index (χ0n) is 16.5. The van der Waals surface area contributed by atoms with E-state index in [9.17, 15) is 4.79 Å². The molecule has 0 atom stereocenters. The second-order valence-electron chi connectivity index (χ2n) is 6.65. The van der Waals surface area contributed by atoms with Gasteiger partial charge in [0.25, 0.3) is 5.89 Å². The van der Waals surface area contributed by atoms with E-state index in [0.717, 1.165) is 18.4 Å². The highest BCUT2D eigenvalue weighted by Crippen LogP contribution is 2.24. The molecule has 152 valence electrons. The van der Waals surface area contributed by atoms with E-state index in [0.29, 0.717) is 29.6 Å². The van der Waals surface area contributed by atoms with E-state index in [-0.39, 0.29) is 0 Å².